The van der Waals surface area contributed by atoms with E-state index in [9.17, 15) is 0 Å². The van der Waals surface area contributed by atoms with Crippen LogP contribution in [0.15, 0.2) is 24.3 Å². The van der Waals surface area contributed by atoms with Crippen molar-refractivity contribution in [2.75, 3.05) is 19.6 Å². The molecule has 1 aromatic rings. The Kier molecular flexibility index (Phi) is 7.01. The molecular weight excluding hydrogens is 280 g/mol. The smallest absolute Gasteiger partial charge is 0.0406 e. The summed E-state index contributed by atoms with van der Waals surface area (Å²) in [4.78, 5) is 2.68. The first-order valence-electron chi connectivity index (χ1n) is 8.47. The molecule has 1 saturated heterocycles. The van der Waals surface area contributed by atoms with Gasteiger partial charge in [0.05, 0.1) is 0 Å². The van der Waals surface area contributed by atoms with Crippen LogP contribution in [0.2, 0.25) is 5.02 Å². The molecule has 1 aromatic carbocycles. The lowest BCUT2D eigenvalue weighted by Gasteiger charge is -2.33. The maximum atomic E-state index is 6.04. The first-order valence-corrected chi connectivity index (χ1v) is 8.85. The third kappa shape index (κ3) is 4.98. The SMILES string of the molecule is CCCCN(CC1CCCN1)C(CC)c1ccc(Cl)cc1. The number of rotatable bonds is 8. The van der Waals surface area contributed by atoms with E-state index in [1.807, 2.05) is 12.1 Å². The fourth-order valence-corrected chi connectivity index (χ4v) is 3.45. The van der Waals surface area contributed by atoms with E-state index < -0.39 is 0 Å². The zero-order chi connectivity index (χ0) is 15.1. The average molecular weight is 309 g/mol. The van der Waals surface area contributed by atoms with Gasteiger partial charge in [-0.05, 0) is 56.5 Å². The molecule has 1 heterocycles. The molecule has 21 heavy (non-hydrogen) atoms. The Balaban J connectivity index is 2.08. The summed E-state index contributed by atoms with van der Waals surface area (Å²) in [6.45, 7) is 8.11. The maximum absolute atomic E-state index is 6.04. The summed E-state index contributed by atoms with van der Waals surface area (Å²) >= 11 is 6.04. The summed E-state index contributed by atoms with van der Waals surface area (Å²) in [6.07, 6.45) is 6.32. The van der Waals surface area contributed by atoms with Crippen LogP contribution in [0.5, 0.6) is 0 Å². The third-order valence-electron chi connectivity index (χ3n) is 4.50. The van der Waals surface area contributed by atoms with E-state index in [0.717, 1.165) is 11.4 Å². The molecule has 0 radical (unpaired) electrons. The first kappa shape index (κ1) is 16.8. The molecule has 0 saturated carbocycles. The molecule has 118 valence electrons. The van der Waals surface area contributed by atoms with Gasteiger partial charge in [-0.3, -0.25) is 4.90 Å². The number of nitrogens with zero attached hydrogens (tertiary/aromatic N) is 1. The molecule has 0 amide bonds. The van der Waals surface area contributed by atoms with Gasteiger partial charge in [-0.25, -0.2) is 0 Å². The van der Waals surface area contributed by atoms with Crippen molar-refractivity contribution in [2.24, 2.45) is 0 Å². The van der Waals surface area contributed by atoms with Crippen LogP contribution in [0.3, 0.4) is 0 Å². The molecule has 2 nitrogen and oxygen atoms in total. The summed E-state index contributed by atoms with van der Waals surface area (Å²) in [5.74, 6) is 0. The van der Waals surface area contributed by atoms with Crippen molar-refractivity contribution in [3.05, 3.63) is 34.9 Å². The van der Waals surface area contributed by atoms with Gasteiger partial charge in [0.15, 0.2) is 0 Å². The van der Waals surface area contributed by atoms with E-state index in [4.69, 9.17) is 11.6 Å². The number of nitrogens with one attached hydrogen (secondary N) is 1. The minimum Gasteiger partial charge on any atom is -0.313 e. The summed E-state index contributed by atoms with van der Waals surface area (Å²) in [5, 5.41) is 4.47. The van der Waals surface area contributed by atoms with Gasteiger partial charge < -0.3 is 5.32 Å². The van der Waals surface area contributed by atoms with E-state index in [1.54, 1.807) is 0 Å². The predicted molar refractivity (Wildman–Crippen MR) is 92.0 cm³/mol. The van der Waals surface area contributed by atoms with E-state index in [0.29, 0.717) is 12.1 Å². The second-order valence-corrected chi connectivity index (χ2v) is 6.55. The van der Waals surface area contributed by atoms with Gasteiger partial charge >= 0.3 is 0 Å². The minimum absolute atomic E-state index is 0.510. The van der Waals surface area contributed by atoms with Crippen LogP contribution in [0.4, 0.5) is 0 Å². The lowest BCUT2D eigenvalue weighted by atomic mass is 10.0. The first-order chi connectivity index (χ1) is 10.2. The van der Waals surface area contributed by atoms with E-state index in [-0.39, 0.29) is 0 Å². The Morgan fingerprint density at radius 2 is 2.05 bits per heavy atom. The molecule has 1 N–H and O–H groups in total. The molecule has 0 aromatic heterocycles. The molecule has 1 aliphatic rings. The zero-order valence-electron chi connectivity index (χ0n) is 13.4. The Morgan fingerprint density at radius 1 is 1.29 bits per heavy atom. The molecule has 0 spiro atoms. The molecule has 1 fully saturated rings. The van der Waals surface area contributed by atoms with Crippen LogP contribution in [0.1, 0.15) is 57.6 Å². The van der Waals surface area contributed by atoms with E-state index in [1.165, 1.54) is 50.9 Å². The number of hydrogen-bond donors (Lipinski definition) is 1. The molecule has 3 heteroatoms. The van der Waals surface area contributed by atoms with Crippen molar-refractivity contribution in [3.63, 3.8) is 0 Å². The van der Waals surface area contributed by atoms with E-state index in [2.05, 4.69) is 36.2 Å². The fraction of sp³-hybridized carbons (Fsp3) is 0.667. The second kappa shape index (κ2) is 8.77. The van der Waals surface area contributed by atoms with Gasteiger partial charge in [0.25, 0.3) is 0 Å². The highest BCUT2D eigenvalue weighted by Gasteiger charge is 2.23. The number of hydrogen-bond acceptors (Lipinski definition) is 2. The maximum Gasteiger partial charge on any atom is 0.0406 e. The largest absolute Gasteiger partial charge is 0.313 e. The van der Waals surface area contributed by atoms with Crippen molar-refractivity contribution in [3.8, 4) is 0 Å². The monoisotopic (exact) mass is 308 g/mol. The Bertz CT molecular complexity index is 398. The highest BCUT2D eigenvalue weighted by molar-refractivity contribution is 6.30. The van der Waals surface area contributed by atoms with Gasteiger partial charge in [-0.1, -0.05) is 44.0 Å². The average Bonchev–Trinajstić information content (AvgIpc) is 3.00. The zero-order valence-corrected chi connectivity index (χ0v) is 14.2. The van der Waals surface area contributed by atoms with Crippen LogP contribution in [0.25, 0.3) is 0 Å². The summed E-state index contributed by atoms with van der Waals surface area (Å²) < 4.78 is 0. The van der Waals surface area contributed by atoms with Gasteiger partial charge in [-0.2, -0.15) is 0 Å². The molecule has 0 bridgehead atoms. The lowest BCUT2D eigenvalue weighted by Crippen LogP contribution is -2.40. The molecule has 2 rings (SSSR count). The Hall–Kier alpha value is -0.570. The number of halogens is 1. The third-order valence-corrected chi connectivity index (χ3v) is 4.75. The van der Waals surface area contributed by atoms with Crippen molar-refractivity contribution in [1.82, 2.24) is 10.2 Å². The van der Waals surface area contributed by atoms with Crippen LogP contribution in [-0.4, -0.2) is 30.6 Å². The Morgan fingerprint density at radius 3 is 2.62 bits per heavy atom. The number of unbranched alkanes of at least 4 members (excludes halogenated alkanes) is 1. The van der Waals surface area contributed by atoms with Gasteiger partial charge in [0.1, 0.15) is 0 Å². The second-order valence-electron chi connectivity index (χ2n) is 6.12. The normalized spacial score (nSPS) is 20.1. The molecule has 0 aliphatic carbocycles. The van der Waals surface area contributed by atoms with Crippen molar-refractivity contribution >= 4 is 11.6 Å². The van der Waals surface area contributed by atoms with Crippen LogP contribution in [-0.2, 0) is 0 Å². The summed E-state index contributed by atoms with van der Waals surface area (Å²) in [7, 11) is 0. The van der Waals surface area contributed by atoms with Crippen molar-refractivity contribution < 1.29 is 0 Å². The highest BCUT2D eigenvalue weighted by Crippen LogP contribution is 2.27. The Labute approximate surface area is 134 Å². The summed E-state index contributed by atoms with van der Waals surface area (Å²) in [5.41, 5.74) is 1.40. The molecule has 2 unspecified atom stereocenters. The van der Waals surface area contributed by atoms with Gasteiger partial charge in [0.2, 0.25) is 0 Å². The van der Waals surface area contributed by atoms with Crippen LogP contribution >= 0.6 is 11.6 Å². The standard InChI is InChI=1S/C18H29ClN2/c1-3-5-13-21(14-17-7-6-12-20-17)18(4-2)15-8-10-16(19)11-9-15/h8-11,17-18,20H,3-7,12-14H2,1-2H3. The number of benzene rings is 1. The van der Waals surface area contributed by atoms with Crippen LogP contribution < -0.4 is 5.32 Å². The fourth-order valence-electron chi connectivity index (χ4n) is 3.32. The van der Waals surface area contributed by atoms with E-state index >= 15 is 0 Å². The summed E-state index contributed by atoms with van der Waals surface area (Å²) in [6, 6.07) is 9.60. The topological polar surface area (TPSA) is 15.3 Å². The lowest BCUT2D eigenvalue weighted by molar-refractivity contribution is 0.173. The predicted octanol–water partition coefficient (Wildman–Crippen LogP) is 4.65. The van der Waals surface area contributed by atoms with Crippen LogP contribution in [0, 0.1) is 0 Å². The van der Waals surface area contributed by atoms with Gasteiger partial charge in [-0.15, -0.1) is 0 Å². The molecular formula is C18H29ClN2. The van der Waals surface area contributed by atoms with Crippen molar-refractivity contribution in [2.45, 2.75) is 58.0 Å². The quantitative estimate of drug-likeness (QED) is 0.752. The van der Waals surface area contributed by atoms with Gasteiger partial charge in [0, 0.05) is 23.7 Å². The molecule has 2 atom stereocenters. The van der Waals surface area contributed by atoms with Crippen molar-refractivity contribution in [1.29, 1.82) is 0 Å². The minimum atomic E-state index is 0.510. The highest BCUT2D eigenvalue weighted by atomic mass is 35.5. The molecule has 1 aliphatic heterocycles.